The molecule has 3 aliphatic rings. The molecule has 1 aromatic rings. The highest BCUT2D eigenvalue weighted by molar-refractivity contribution is 5.49. The molecule has 4 nitrogen and oxygen atoms in total. The Balaban J connectivity index is 1.68. The maximum atomic E-state index is 10.1. The molecule has 142 valence electrons. The standard InChI is InChI=1S/C22H31NO3/c1-23-13-12-22(11-10-17(24)15-21(22)23)16-8-9-19(25-2)20(14-16)26-18-6-4-3-5-7-18/h8-11,14,17-18,21,24H,3-7,12-13,15H2,1-2H3/t17-,21+,22+/m1/s1. The molecule has 26 heavy (non-hydrogen) atoms. The summed E-state index contributed by atoms with van der Waals surface area (Å²) in [5.74, 6) is 1.69. The van der Waals surface area contributed by atoms with Gasteiger partial charge in [0.1, 0.15) is 0 Å². The fraction of sp³-hybridized carbons (Fsp3) is 0.636. The number of fused-ring (bicyclic) bond motifs is 1. The number of benzene rings is 1. The second-order valence-corrected chi connectivity index (χ2v) is 8.19. The highest BCUT2D eigenvalue weighted by Gasteiger charge is 2.48. The van der Waals surface area contributed by atoms with Crippen LogP contribution in [0.4, 0.5) is 0 Å². The topological polar surface area (TPSA) is 41.9 Å². The van der Waals surface area contributed by atoms with Gasteiger partial charge in [0.05, 0.1) is 19.3 Å². The van der Waals surface area contributed by atoms with Crippen LogP contribution < -0.4 is 9.47 Å². The lowest BCUT2D eigenvalue weighted by atomic mass is 9.69. The molecule has 1 N–H and O–H groups in total. The Bertz CT molecular complexity index is 667. The van der Waals surface area contributed by atoms with E-state index in [0.717, 1.165) is 43.7 Å². The van der Waals surface area contributed by atoms with Crippen molar-refractivity contribution in [2.75, 3.05) is 20.7 Å². The number of methoxy groups -OCH3 is 1. The normalized spacial score (nSPS) is 32.4. The van der Waals surface area contributed by atoms with Crippen LogP contribution in [-0.2, 0) is 5.41 Å². The Morgan fingerprint density at radius 1 is 1.15 bits per heavy atom. The van der Waals surface area contributed by atoms with Gasteiger partial charge in [-0.3, -0.25) is 0 Å². The maximum Gasteiger partial charge on any atom is 0.161 e. The van der Waals surface area contributed by atoms with Gasteiger partial charge in [0, 0.05) is 11.5 Å². The molecular formula is C22H31NO3. The zero-order valence-electron chi connectivity index (χ0n) is 16.0. The second-order valence-electron chi connectivity index (χ2n) is 8.19. The summed E-state index contributed by atoms with van der Waals surface area (Å²) < 4.78 is 12.0. The van der Waals surface area contributed by atoms with E-state index in [-0.39, 0.29) is 11.5 Å². The number of aliphatic hydroxyl groups is 1. The fourth-order valence-corrected chi connectivity index (χ4v) is 5.11. The van der Waals surface area contributed by atoms with E-state index in [2.05, 4.69) is 36.2 Å². The van der Waals surface area contributed by atoms with E-state index in [1.54, 1.807) is 7.11 Å². The summed E-state index contributed by atoms with van der Waals surface area (Å²) in [5.41, 5.74) is 1.24. The summed E-state index contributed by atoms with van der Waals surface area (Å²) in [6, 6.07) is 6.76. The van der Waals surface area contributed by atoms with Gasteiger partial charge in [-0.05, 0) is 69.8 Å². The van der Waals surface area contributed by atoms with E-state index in [1.165, 1.54) is 24.8 Å². The number of rotatable bonds is 4. The Labute approximate surface area is 156 Å². The Morgan fingerprint density at radius 3 is 2.73 bits per heavy atom. The summed E-state index contributed by atoms with van der Waals surface area (Å²) in [6.45, 7) is 1.05. The van der Waals surface area contributed by atoms with Crippen molar-refractivity contribution >= 4 is 0 Å². The van der Waals surface area contributed by atoms with Crippen LogP contribution in [0.3, 0.4) is 0 Å². The van der Waals surface area contributed by atoms with Crippen LogP contribution in [0.1, 0.15) is 50.5 Å². The first-order chi connectivity index (χ1) is 12.6. The molecule has 0 unspecified atom stereocenters. The molecular weight excluding hydrogens is 326 g/mol. The van der Waals surface area contributed by atoms with E-state index in [1.807, 2.05) is 6.08 Å². The van der Waals surface area contributed by atoms with Crippen molar-refractivity contribution in [2.24, 2.45) is 0 Å². The van der Waals surface area contributed by atoms with Crippen LogP contribution in [-0.4, -0.2) is 49.0 Å². The van der Waals surface area contributed by atoms with Gasteiger partial charge in [-0.1, -0.05) is 24.6 Å². The molecule has 1 saturated heterocycles. The number of ether oxygens (including phenoxy) is 2. The van der Waals surface area contributed by atoms with Crippen LogP contribution in [0.2, 0.25) is 0 Å². The quantitative estimate of drug-likeness (QED) is 0.835. The van der Waals surface area contributed by atoms with Gasteiger partial charge in [0.2, 0.25) is 0 Å². The third-order valence-corrected chi connectivity index (χ3v) is 6.63. The predicted octanol–water partition coefficient (Wildman–Crippen LogP) is 3.67. The van der Waals surface area contributed by atoms with Crippen LogP contribution >= 0.6 is 0 Å². The average molecular weight is 357 g/mol. The molecule has 1 aliphatic heterocycles. The number of aliphatic hydroxyl groups excluding tert-OH is 1. The van der Waals surface area contributed by atoms with E-state index in [4.69, 9.17) is 9.47 Å². The molecule has 2 aliphatic carbocycles. The third kappa shape index (κ3) is 3.14. The van der Waals surface area contributed by atoms with Gasteiger partial charge in [-0.15, -0.1) is 0 Å². The second kappa shape index (κ2) is 7.24. The first-order valence-corrected chi connectivity index (χ1v) is 10.1. The lowest BCUT2D eigenvalue weighted by Gasteiger charge is -2.40. The van der Waals surface area contributed by atoms with Crippen molar-refractivity contribution in [3.63, 3.8) is 0 Å². The van der Waals surface area contributed by atoms with Crippen molar-refractivity contribution in [1.29, 1.82) is 0 Å². The van der Waals surface area contributed by atoms with Crippen LogP contribution in [0.25, 0.3) is 0 Å². The first-order valence-electron chi connectivity index (χ1n) is 10.1. The number of nitrogens with zero attached hydrogens (tertiary/aromatic N) is 1. The van der Waals surface area contributed by atoms with Gasteiger partial charge >= 0.3 is 0 Å². The molecule has 0 spiro atoms. The summed E-state index contributed by atoms with van der Waals surface area (Å²) in [5, 5.41) is 10.1. The lowest BCUT2D eigenvalue weighted by Crippen LogP contribution is -2.44. The van der Waals surface area contributed by atoms with E-state index in [0.29, 0.717) is 12.1 Å². The molecule has 0 amide bonds. The molecule has 1 aromatic carbocycles. The molecule has 0 aromatic heterocycles. The van der Waals surface area contributed by atoms with Crippen molar-refractivity contribution in [1.82, 2.24) is 4.90 Å². The van der Waals surface area contributed by atoms with Gasteiger partial charge < -0.3 is 19.5 Å². The molecule has 2 fully saturated rings. The van der Waals surface area contributed by atoms with Crippen LogP contribution in [0, 0.1) is 0 Å². The average Bonchev–Trinajstić information content (AvgIpc) is 3.00. The van der Waals surface area contributed by atoms with Gasteiger partial charge in [0.15, 0.2) is 11.5 Å². The van der Waals surface area contributed by atoms with Crippen LogP contribution in [0.15, 0.2) is 30.4 Å². The number of hydrogen-bond donors (Lipinski definition) is 1. The van der Waals surface area contributed by atoms with Crippen molar-refractivity contribution in [3.8, 4) is 11.5 Å². The van der Waals surface area contributed by atoms with E-state index >= 15 is 0 Å². The first kappa shape index (κ1) is 17.9. The number of hydrogen-bond acceptors (Lipinski definition) is 4. The molecule has 1 heterocycles. The third-order valence-electron chi connectivity index (χ3n) is 6.63. The minimum absolute atomic E-state index is 0.0368. The predicted molar refractivity (Wildman–Crippen MR) is 103 cm³/mol. The summed E-state index contributed by atoms with van der Waals surface area (Å²) in [7, 11) is 3.88. The lowest BCUT2D eigenvalue weighted by molar-refractivity contribution is 0.136. The molecule has 0 radical (unpaired) electrons. The minimum atomic E-state index is -0.343. The SMILES string of the molecule is COc1ccc([C@@]23C=C[C@@H](O)C[C@@H]2N(C)CC3)cc1OC1CCCCC1. The summed E-state index contributed by atoms with van der Waals surface area (Å²) in [6.07, 6.45) is 12.1. The zero-order chi connectivity index (χ0) is 18.1. The largest absolute Gasteiger partial charge is 0.493 e. The van der Waals surface area contributed by atoms with E-state index in [9.17, 15) is 5.11 Å². The van der Waals surface area contributed by atoms with Crippen molar-refractivity contribution < 1.29 is 14.6 Å². The molecule has 3 atom stereocenters. The molecule has 4 heteroatoms. The Kier molecular flexibility index (Phi) is 4.98. The van der Waals surface area contributed by atoms with Crippen molar-refractivity contribution in [2.45, 2.75) is 68.6 Å². The summed E-state index contributed by atoms with van der Waals surface area (Å²) in [4.78, 5) is 2.39. The molecule has 0 bridgehead atoms. The highest BCUT2D eigenvalue weighted by Crippen LogP contribution is 2.47. The molecule has 1 saturated carbocycles. The summed E-state index contributed by atoms with van der Waals surface area (Å²) >= 11 is 0. The van der Waals surface area contributed by atoms with Gasteiger partial charge in [-0.2, -0.15) is 0 Å². The number of likely N-dealkylation sites (N-methyl/N-ethyl adjacent to an activating group) is 1. The fourth-order valence-electron chi connectivity index (χ4n) is 5.11. The zero-order valence-corrected chi connectivity index (χ0v) is 16.0. The van der Waals surface area contributed by atoms with Gasteiger partial charge in [-0.25, -0.2) is 0 Å². The smallest absolute Gasteiger partial charge is 0.161 e. The van der Waals surface area contributed by atoms with Gasteiger partial charge in [0.25, 0.3) is 0 Å². The Hall–Kier alpha value is -1.52. The highest BCUT2D eigenvalue weighted by atomic mass is 16.5. The van der Waals surface area contributed by atoms with E-state index < -0.39 is 0 Å². The van der Waals surface area contributed by atoms with Crippen molar-refractivity contribution in [3.05, 3.63) is 35.9 Å². The Morgan fingerprint density at radius 2 is 1.96 bits per heavy atom. The maximum absolute atomic E-state index is 10.1. The van der Waals surface area contributed by atoms with Crippen LogP contribution in [0.5, 0.6) is 11.5 Å². The monoisotopic (exact) mass is 357 g/mol. The molecule has 4 rings (SSSR count). The minimum Gasteiger partial charge on any atom is -0.493 e. The number of likely N-dealkylation sites (tertiary alicyclic amines) is 1.